The highest BCUT2D eigenvalue weighted by atomic mass is 35.5. The first-order valence-electron chi connectivity index (χ1n) is 7.18. The van der Waals surface area contributed by atoms with E-state index in [1.54, 1.807) is 12.4 Å². The SMILES string of the molecule is CCN(Cc1ccncc1)C(=O)CC(N)c1ccccc1.Cl. The molecule has 0 saturated heterocycles. The molecule has 1 unspecified atom stereocenters. The first kappa shape index (κ1) is 18.1. The molecule has 0 bridgehead atoms. The summed E-state index contributed by atoms with van der Waals surface area (Å²) in [4.78, 5) is 18.2. The molecule has 0 spiro atoms. The Hall–Kier alpha value is -1.91. The van der Waals surface area contributed by atoms with Crippen molar-refractivity contribution in [3.05, 3.63) is 66.0 Å². The van der Waals surface area contributed by atoms with E-state index in [2.05, 4.69) is 4.98 Å². The number of hydrogen-bond donors (Lipinski definition) is 1. The largest absolute Gasteiger partial charge is 0.339 e. The molecule has 5 heteroatoms. The maximum absolute atomic E-state index is 12.4. The van der Waals surface area contributed by atoms with Crippen LogP contribution < -0.4 is 5.73 Å². The summed E-state index contributed by atoms with van der Waals surface area (Å²) in [7, 11) is 0. The zero-order chi connectivity index (χ0) is 15.1. The van der Waals surface area contributed by atoms with Crippen molar-refractivity contribution < 1.29 is 4.79 Å². The molecule has 1 aromatic carbocycles. The summed E-state index contributed by atoms with van der Waals surface area (Å²) < 4.78 is 0. The van der Waals surface area contributed by atoms with Crippen molar-refractivity contribution in [2.24, 2.45) is 5.73 Å². The van der Waals surface area contributed by atoms with Crippen molar-refractivity contribution in [3.63, 3.8) is 0 Å². The highest BCUT2D eigenvalue weighted by Crippen LogP contribution is 2.15. The molecular formula is C17H22ClN3O. The number of amides is 1. The highest BCUT2D eigenvalue weighted by molar-refractivity contribution is 5.85. The standard InChI is InChI=1S/C17H21N3O.ClH/c1-2-20(13-14-8-10-19-11-9-14)17(21)12-16(18)15-6-4-3-5-7-15;/h3-11,16H,2,12-13,18H2,1H3;1H. The monoisotopic (exact) mass is 319 g/mol. The quantitative estimate of drug-likeness (QED) is 0.890. The van der Waals surface area contributed by atoms with Gasteiger partial charge >= 0.3 is 0 Å². The van der Waals surface area contributed by atoms with Gasteiger partial charge in [0.25, 0.3) is 0 Å². The van der Waals surface area contributed by atoms with E-state index >= 15 is 0 Å². The Kier molecular flexibility index (Phi) is 7.57. The molecule has 22 heavy (non-hydrogen) atoms. The fourth-order valence-corrected chi connectivity index (χ4v) is 2.22. The normalized spacial score (nSPS) is 11.4. The number of nitrogens with two attached hydrogens (primary N) is 1. The number of pyridine rings is 1. The molecule has 1 heterocycles. The number of carbonyl (C=O) groups is 1. The summed E-state index contributed by atoms with van der Waals surface area (Å²) in [5.41, 5.74) is 8.19. The summed E-state index contributed by atoms with van der Waals surface area (Å²) >= 11 is 0. The second-order valence-corrected chi connectivity index (χ2v) is 4.98. The van der Waals surface area contributed by atoms with Crippen LogP contribution in [0.1, 0.15) is 30.5 Å². The van der Waals surface area contributed by atoms with Gasteiger partial charge in [0, 0.05) is 37.9 Å². The van der Waals surface area contributed by atoms with Crippen LogP contribution in [0.15, 0.2) is 54.9 Å². The van der Waals surface area contributed by atoms with E-state index in [0.717, 1.165) is 11.1 Å². The molecule has 1 aromatic heterocycles. The fourth-order valence-electron chi connectivity index (χ4n) is 2.22. The van der Waals surface area contributed by atoms with Crippen molar-refractivity contribution in [1.29, 1.82) is 0 Å². The number of benzene rings is 1. The van der Waals surface area contributed by atoms with Gasteiger partial charge in [0.05, 0.1) is 0 Å². The van der Waals surface area contributed by atoms with Crippen molar-refractivity contribution in [2.75, 3.05) is 6.54 Å². The molecule has 0 radical (unpaired) electrons. The Morgan fingerprint density at radius 1 is 1.18 bits per heavy atom. The average molecular weight is 320 g/mol. The molecular weight excluding hydrogens is 298 g/mol. The van der Waals surface area contributed by atoms with Crippen LogP contribution in [0.3, 0.4) is 0 Å². The van der Waals surface area contributed by atoms with E-state index in [4.69, 9.17) is 5.73 Å². The van der Waals surface area contributed by atoms with Gasteiger partial charge in [-0.1, -0.05) is 30.3 Å². The number of carbonyl (C=O) groups excluding carboxylic acids is 1. The summed E-state index contributed by atoms with van der Waals surface area (Å²) in [5, 5.41) is 0. The van der Waals surface area contributed by atoms with Crippen LogP contribution in [0.25, 0.3) is 0 Å². The maximum Gasteiger partial charge on any atom is 0.224 e. The van der Waals surface area contributed by atoms with Crippen LogP contribution in [0.2, 0.25) is 0 Å². The minimum atomic E-state index is -0.259. The molecule has 0 fully saturated rings. The first-order chi connectivity index (χ1) is 10.2. The number of halogens is 1. The maximum atomic E-state index is 12.4. The molecule has 2 aromatic rings. The highest BCUT2D eigenvalue weighted by Gasteiger charge is 2.17. The van der Waals surface area contributed by atoms with Crippen molar-refractivity contribution in [2.45, 2.75) is 25.9 Å². The van der Waals surface area contributed by atoms with Crippen LogP contribution in [0, 0.1) is 0 Å². The Morgan fingerprint density at radius 2 is 1.82 bits per heavy atom. The van der Waals surface area contributed by atoms with Gasteiger partial charge in [-0.2, -0.15) is 0 Å². The van der Waals surface area contributed by atoms with Crippen LogP contribution in [0.4, 0.5) is 0 Å². The van der Waals surface area contributed by atoms with Gasteiger partial charge in [-0.25, -0.2) is 0 Å². The van der Waals surface area contributed by atoms with Crippen LogP contribution in [-0.2, 0) is 11.3 Å². The second-order valence-electron chi connectivity index (χ2n) is 4.98. The zero-order valence-electron chi connectivity index (χ0n) is 12.7. The summed E-state index contributed by atoms with van der Waals surface area (Å²) in [5.74, 6) is 0.0747. The molecule has 0 aliphatic rings. The van der Waals surface area contributed by atoms with Gasteiger partial charge in [-0.3, -0.25) is 9.78 Å². The lowest BCUT2D eigenvalue weighted by Crippen LogP contribution is -2.32. The third kappa shape index (κ3) is 5.13. The minimum Gasteiger partial charge on any atom is -0.339 e. The minimum absolute atomic E-state index is 0. The van der Waals surface area contributed by atoms with Gasteiger partial charge in [-0.05, 0) is 30.2 Å². The molecule has 2 N–H and O–H groups in total. The van der Waals surface area contributed by atoms with Crippen molar-refractivity contribution >= 4 is 18.3 Å². The third-order valence-electron chi connectivity index (χ3n) is 3.48. The number of aromatic nitrogens is 1. The Labute approximate surface area is 137 Å². The number of hydrogen-bond acceptors (Lipinski definition) is 3. The van der Waals surface area contributed by atoms with E-state index in [1.165, 1.54) is 0 Å². The van der Waals surface area contributed by atoms with Gasteiger partial charge in [-0.15, -0.1) is 12.4 Å². The Bertz CT molecular complexity index is 563. The van der Waals surface area contributed by atoms with Crippen LogP contribution >= 0.6 is 12.4 Å². The topological polar surface area (TPSA) is 59.2 Å². The van der Waals surface area contributed by atoms with Gasteiger partial charge in [0.1, 0.15) is 0 Å². The van der Waals surface area contributed by atoms with Crippen molar-refractivity contribution in [3.8, 4) is 0 Å². The fraction of sp³-hybridized carbons (Fsp3) is 0.294. The molecule has 4 nitrogen and oxygen atoms in total. The lowest BCUT2D eigenvalue weighted by Gasteiger charge is -2.23. The first-order valence-corrected chi connectivity index (χ1v) is 7.18. The van der Waals surface area contributed by atoms with Gasteiger partial charge < -0.3 is 10.6 Å². The average Bonchev–Trinajstić information content (AvgIpc) is 2.54. The molecule has 0 aliphatic carbocycles. The lowest BCUT2D eigenvalue weighted by atomic mass is 10.0. The predicted octanol–water partition coefficient (Wildman–Crippen LogP) is 2.94. The van der Waals surface area contributed by atoms with E-state index in [9.17, 15) is 4.79 Å². The van der Waals surface area contributed by atoms with E-state index in [1.807, 2.05) is 54.3 Å². The molecule has 1 amide bonds. The van der Waals surface area contributed by atoms with Crippen LogP contribution in [0.5, 0.6) is 0 Å². The van der Waals surface area contributed by atoms with Crippen LogP contribution in [-0.4, -0.2) is 22.3 Å². The third-order valence-corrected chi connectivity index (χ3v) is 3.48. The molecule has 2 rings (SSSR count). The smallest absolute Gasteiger partial charge is 0.224 e. The van der Waals surface area contributed by atoms with Crippen molar-refractivity contribution in [1.82, 2.24) is 9.88 Å². The number of rotatable bonds is 6. The van der Waals surface area contributed by atoms with Gasteiger partial charge in [0.2, 0.25) is 5.91 Å². The van der Waals surface area contributed by atoms with E-state index in [0.29, 0.717) is 19.5 Å². The lowest BCUT2D eigenvalue weighted by molar-refractivity contribution is -0.132. The summed E-state index contributed by atoms with van der Waals surface area (Å²) in [6.45, 7) is 3.25. The summed E-state index contributed by atoms with van der Waals surface area (Å²) in [6.07, 6.45) is 3.80. The van der Waals surface area contributed by atoms with Gasteiger partial charge in [0.15, 0.2) is 0 Å². The zero-order valence-corrected chi connectivity index (χ0v) is 13.5. The Morgan fingerprint density at radius 3 is 2.41 bits per heavy atom. The van der Waals surface area contributed by atoms with E-state index in [-0.39, 0.29) is 24.4 Å². The summed E-state index contributed by atoms with van der Waals surface area (Å²) in [6, 6.07) is 13.3. The number of nitrogens with zero attached hydrogens (tertiary/aromatic N) is 2. The van der Waals surface area contributed by atoms with E-state index < -0.39 is 0 Å². The molecule has 0 aliphatic heterocycles. The Balaban J connectivity index is 0.00000242. The second kappa shape index (κ2) is 9.18. The predicted molar refractivity (Wildman–Crippen MR) is 90.6 cm³/mol. The molecule has 1 atom stereocenters. The molecule has 118 valence electrons. The molecule has 0 saturated carbocycles.